The molecule has 1 heterocycles. The van der Waals surface area contributed by atoms with Gasteiger partial charge in [-0.15, -0.1) is 0 Å². The van der Waals surface area contributed by atoms with Crippen molar-refractivity contribution >= 4 is 23.0 Å². The van der Waals surface area contributed by atoms with Crippen LogP contribution < -0.4 is 10.6 Å². The smallest absolute Gasteiger partial charge is 0.137 e. The van der Waals surface area contributed by atoms with Crippen LogP contribution in [0.5, 0.6) is 0 Å². The highest BCUT2D eigenvalue weighted by Gasteiger charge is 2.19. The Balaban J connectivity index is 2.37. The molecule has 0 aliphatic rings. The molecule has 0 fully saturated rings. The number of nitrogens with two attached hydrogens (primary N) is 1. The number of halogens is 1. The van der Waals surface area contributed by atoms with Gasteiger partial charge in [0, 0.05) is 26.2 Å². The highest BCUT2D eigenvalue weighted by molar-refractivity contribution is 7.80. The van der Waals surface area contributed by atoms with Crippen molar-refractivity contribution in [3.63, 3.8) is 0 Å². The third-order valence-corrected chi connectivity index (χ3v) is 3.37. The van der Waals surface area contributed by atoms with Crippen LogP contribution in [-0.2, 0) is 13.6 Å². The molecule has 106 valence electrons. The fourth-order valence-corrected chi connectivity index (χ4v) is 2.57. The fourth-order valence-electron chi connectivity index (χ4n) is 2.33. The van der Waals surface area contributed by atoms with E-state index in [1.54, 1.807) is 16.8 Å². The third-order valence-electron chi connectivity index (χ3n) is 3.17. The van der Waals surface area contributed by atoms with Gasteiger partial charge in [-0.1, -0.05) is 30.4 Å². The maximum atomic E-state index is 13.7. The Morgan fingerprint density at radius 1 is 1.45 bits per heavy atom. The number of thiocarbonyl (C=S) groups is 1. The first-order valence-electron chi connectivity index (χ1n) is 6.19. The Hall–Kier alpha value is -1.95. The molecule has 1 aromatic carbocycles. The van der Waals surface area contributed by atoms with E-state index in [4.69, 9.17) is 18.0 Å². The minimum absolute atomic E-state index is 0.227. The van der Waals surface area contributed by atoms with E-state index in [-0.39, 0.29) is 5.82 Å². The normalized spacial score (nSPS) is 10.6. The number of aryl methyl sites for hydroxylation is 2. The second kappa shape index (κ2) is 5.58. The molecule has 0 radical (unpaired) electrons. The van der Waals surface area contributed by atoms with Crippen molar-refractivity contribution in [2.75, 3.05) is 11.9 Å². The summed E-state index contributed by atoms with van der Waals surface area (Å²) in [5.41, 5.74) is 7.89. The molecular weight excluding hydrogens is 275 g/mol. The Morgan fingerprint density at radius 2 is 2.10 bits per heavy atom. The van der Waals surface area contributed by atoms with Crippen molar-refractivity contribution in [3.8, 4) is 0 Å². The van der Waals surface area contributed by atoms with Gasteiger partial charge < -0.3 is 10.6 Å². The van der Waals surface area contributed by atoms with Crippen LogP contribution in [0, 0.1) is 12.7 Å². The van der Waals surface area contributed by atoms with Crippen LogP contribution in [0.25, 0.3) is 0 Å². The summed E-state index contributed by atoms with van der Waals surface area (Å²) in [6, 6.07) is 6.70. The zero-order valence-corrected chi connectivity index (χ0v) is 12.5. The molecular formula is C14H17FN4S. The number of hydrogen-bond donors (Lipinski definition) is 1. The molecule has 2 aromatic rings. The largest absolute Gasteiger partial charge is 0.389 e. The van der Waals surface area contributed by atoms with E-state index in [9.17, 15) is 4.39 Å². The maximum Gasteiger partial charge on any atom is 0.137 e. The summed E-state index contributed by atoms with van der Waals surface area (Å²) in [6.45, 7) is 2.27. The van der Waals surface area contributed by atoms with Crippen LogP contribution >= 0.6 is 12.2 Å². The average molecular weight is 292 g/mol. The molecule has 0 bridgehead atoms. The summed E-state index contributed by atoms with van der Waals surface area (Å²) in [5, 5.41) is 4.33. The van der Waals surface area contributed by atoms with E-state index in [1.807, 2.05) is 32.0 Å². The molecule has 0 spiro atoms. The number of nitrogens with zero attached hydrogens (tertiary/aromatic N) is 3. The van der Waals surface area contributed by atoms with Gasteiger partial charge in [0.15, 0.2) is 0 Å². The zero-order valence-electron chi connectivity index (χ0n) is 11.7. The van der Waals surface area contributed by atoms with Crippen molar-refractivity contribution in [3.05, 3.63) is 46.9 Å². The summed E-state index contributed by atoms with van der Waals surface area (Å²) >= 11 is 5.08. The van der Waals surface area contributed by atoms with Crippen molar-refractivity contribution < 1.29 is 4.39 Å². The summed E-state index contributed by atoms with van der Waals surface area (Å²) in [6.07, 6.45) is 0. The fraction of sp³-hybridized carbons (Fsp3) is 0.286. The molecule has 20 heavy (non-hydrogen) atoms. The summed E-state index contributed by atoms with van der Waals surface area (Å²) in [5.74, 6) is 0.563. The summed E-state index contributed by atoms with van der Waals surface area (Å²) < 4.78 is 15.4. The highest BCUT2D eigenvalue weighted by atomic mass is 32.1. The maximum absolute atomic E-state index is 13.7. The SMILES string of the molecule is Cc1nn(C)c(N(C)Cc2ccccc2F)c1C(N)=S. The molecule has 0 saturated heterocycles. The van der Waals surface area contributed by atoms with E-state index in [1.165, 1.54) is 6.07 Å². The van der Waals surface area contributed by atoms with Gasteiger partial charge in [0.2, 0.25) is 0 Å². The first kappa shape index (κ1) is 14.5. The molecule has 0 unspecified atom stereocenters. The molecule has 0 aliphatic heterocycles. The Labute approximate surface area is 123 Å². The molecule has 2 N–H and O–H groups in total. The van der Waals surface area contributed by atoms with E-state index in [0.717, 1.165) is 17.1 Å². The highest BCUT2D eigenvalue weighted by Crippen LogP contribution is 2.24. The summed E-state index contributed by atoms with van der Waals surface area (Å²) in [4.78, 5) is 2.19. The van der Waals surface area contributed by atoms with E-state index < -0.39 is 0 Å². The standard InChI is InChI=1S/C14H17FN4S/c1-9-12(13(16)20)14(19(3)17-9)18(2)8-10-6-4-5-7-11(10)15/h4-7H,8H2,1-3H3,(H2,16,20). The van der Waals surface area contributed by atoms with Gasteiger partial charge in [-0.05, 0) is 13.0 Å². The van der Waals surface area contributed by atoms with Gasteiger partial charge in [-0.3, -0.25) is 4.68 Å². The second-order valence-electron chi connectivity index (χ2n) is 4.72. The van der Waals surface area contributed by atoms with Crippen molar-refractivity contribution in [2.45, 2.75) is 13.5 Å². The van der Waals surface area contributed by atoms with Gasteiger partial charge in [0.05, 0.1) is 11.3 Å². The summed E-state index contributed by atoms with van der Waals surface area (Å²) in [7, 11) is 3.69. The van der Waals surface area contributed by atoms with Crippen LogP contribution in [0.3, 0.4) is 0 Å². The van der Waals surface area contributed by atoms with Crippen LogP contribution in [-0.4, -0.2) is 21.8 Å². The average Bonchev–Trinajstić information content (AvgIpc) is 2.67. The van der Waals surface area contributed by atoms with Crippen molar-refractivity contribution in [1.29, 1.82) is 0 Å². The van der Waals surface area contributed by atoms with Gasteiger partial charge in [0.25, 0.3) is 0 Å². The van der Waals surface area contributed by atoms with Gasteiger partial charge in [-0.25, -0.2) is 4.39 Å². The topological polar surface area (TPSA) is 47.1 Å². The first-order chi connectivity index (χ1) is 9.41. The predicted molar refractivity (Wildman–Crippen MR) is 82.3 cm³/mol. The second-order valence-corrected chi connectivity index (χ2v) is 5.16. The molecule has 0 saturated carbocycles. The predicted octanol–water partition coefficient (Wildman–Crippen LogP) is 2.14. The monoisotopic (exact) mass is 292 g/mol. The molecule has 1 aromatic heterocycles. The third kappa shape index (κ3) is 2.65. The molecule has 4 nitrogen and oxygen atoms in total. The van der Waals surface area contributed by atoms with E-state index >= 15 is 0 Å². The Morgan fingerprint density at radius 3 is 2.70 bits per heavy atom. The van der Waals surface area contributed by atoms with Gasteiger partial charge in [-0.2, -0.15) is 5.10 Å². The van der Waals surface area contributed by atoms with Gasteiger partial charge >= 0.3 is 0 Å². The van der Waals surface area contributed by atoms with Crippen molar-refractivity contribution in [2.24, 2.45) is 12.8 Å². The molecule has 0 atom stereocenters. The van der Waals surface area contributed by atoms with Gasteiger partial charge in [0.1, 0.15) is 16.6 Å². The van der Waals surface area contributed by atoms with Crippen LogP contribution in [0.1, 0.15) is 16.8 Å². The number of hydrogen-bond acceptors (Lipinski definition) is 3. The lowest BCUT2D eigenvalue weighted by Gasteiger charge is -2.21. The minimum Gasteiger partial charge on any atom is -0.389 e. The number of anilines is 1. The van der Waals surface area contributed by atoms with Crippen LogP contribution in [0.2, 0.25) is 0 Å². The van der Waals surface area contributed by atoms with Crippen molar-refractivity contribution in [1.82, 2.24) is 9.78 Å². The van der Waals surface area contributed by atoms with E-state index in [0.29, 0.717) is 17.1 Å². The Kier molecular flexibility index (Phi) is 4.04. The lowest BCUT2D eigenvalue weighted by molar-refractivity contribution is 0.605. The van der Waals surface area contributed by atoms with Crippen LogP contribution in [0.15, 0.2) is 24.3 Å². The first-order valence-corrected chi connectivity index (χ1v) is 6.60. The molecule has 6 heteroatoms. The number of aromatic nitrogens is 2. The quantitative estimate of drug-likeness (QED) is 0.877. The number of rotatable bonds is 4. The van der Waals surface area contributed by atoms with E-state index in [2.05, 4.69) is 5.10 Å². The molecule has 0 aliphatic carbocycles. The lowest BCUT2D eigenvalue weighted by atomic mass is 10.2. The molecule has 2 rings (SSSR count). The number of benzene rings is 1. The van der Waals surface area contributed by atoms with Crippen LogP contribution in [0.4, 0.5) is 10.2 Å². The Bertz CT molecular complexity index is 651. The molecule has 0 amide bonds. The lowest BCUT2D eigenvalue weighted by Crippen LogP contribution is -2.23. The minimum atomic E-state index is -0.227. The zero-order chi connectivity index (χ0) is 14.9.